The van der Waals surface area contributed by atoms with E-state index in [1.54, 1.807) is 37.3 Å². The first-order chi connectivity index (χ1) is 7.16. The molecule has 80 valence electrons. The number of nitrogens with two attached hydrogens (primary N) is 1. The highest BCUT2D eigenvalue weighted by molar-refractivity contribution is 6.15. The number of hydrogen-bond acceptors (Lipinski definition) is 3. The largest absolute Gasteiger partial charge is 0.479 e. The van der Waals surface area contributed by atoms with Crippen LogP contribution in [0.5, 0.6) is 0 Å². The maximum absolute atomic E-state index is 11.0. The van der Waals surface area contributed by atoms with Gasteiger partial charge in [0.25, 0.3) is 0 Å². The maximum Gasteiger partial charge on any atom is 0.341 e. The van der Waals surface area contributed by atoms with Gasteiger partial charge in [-0.05, 0) is 12.5 Å². The third-order valence-corrected chi connectivity index (χ3v) is 1.82. The Labute approximate surface area is 88.0 Å². The van der Waals surface area contributed by atoms with Crippen LogP contribution in [0.2, 0.25) is 0 Å². The summed E-state index contributed by atoms with van der Waals surface area (Å²) in [6.07, 6.45) is 0. The third-order valence-electron chi connectivity index (χ3n) is 1.82. The Morgan fingerprint density at radius 3 is 2.47 bits per heavy atom. The van der Waals surface area contributed by atoms with Crippen LogP contribution in [0.15, 0.2) is 36.2 Å². The van der Waals surface area contributed by atoms with Crippen LogP contribution in [0, 0.1) is 0 Å². The highest BCUT2D eigenvalue weighted by Crippen LogP contribution is 2.16. The fourth-order valence-electron chi connectivity index (χ4n) is 1.20. The Kier molecular flexibility index (Phi) is 3.74. The van der Waals surface area contributed by atoms with E-state index in [1.807, 2.05) is 0 Å². The van der Waals surface area contributed by atoms with Gasteiger partial charge in [-0.2, -0.15) is 0 Å². The topological polar surface area (TPSA) is 72.5 Å². The summed E-state index contributed by atoms with van der Waals surface area (Å²) >= 11 is 0. The lowest BCUT2D eigenvalue weighted by Crippen LogP contribution is -2.12. The summed E-state index contributed by atoms with van der Waals surface area (Å²) in [5.41, 5.74) is 6.07. The fraction of sp³-hybridized carbons (Fsp3) is 0.182. The van der Waals surface area contributed by atoms with Crippen LogP contribution in [-0.2, 0) is 9.53 Å². The number of ether oxygens (including phenoxy) is 1. The molecule has 0 radical (unpaired) electrons. The second-order valence-electron chi connectivity index (χ2n) is 2.84. The number of benzene rings is 1. The molecule has 0 spiro atoms. The van der Waals surface area contributed by atoms with Crippen LogP contribution >= 0.6 is 0 Å². The van der Waals surface area contributed by atoms with E-state index in [0.717, 1.165) is 0 Å². The lowest BCUT2D eigenvalue weighted by atomic mass is 10.1. The Hall–Kier alpha value is -1.97. The van der Waals surface area contributed by atoms with Gasteiger partial charge in [0.2, 0.25) is 0 Å². The number of carboxylic acid groups (broad SMARTS) is 1. The van der Waals surface area contributed by atoms with Crippen LogP contribution in [0.4, 0.5) is 0 Å². The summed E-state index contributed by atoms with van der Waals surface area (Å²) in [5.74, 6) is -1.15. The summed E-state index contributed by atoms with van der Waals surface area (Å²) in [6.45, 7) is 2.09. The number of aliphatic carboxylic acids is 1. The lowest BCUT2D eigenvalue weighted by Gasteiger charge is -2.08. The molecule has 0 heterocycles. The van der Waals surface area contributed by atoms with Crippen LogP contribution in [0.25, 0.3) is 5.57 Å². The molecule has 0 amide bonds. The molecular formula is C11H13NO3. The minimum Gasteiger partial charge on any atom is -0.479 e. The van der Waals surface area contributed by atoms with E-state index in [1.165, 1.54) is 0 Å². The van der Waals surface area contributed by atoms with E-state index in [-0.39, 0.29) is 11.5 Å². The van der Waals surface area contributed by atoms with Crippen LogP contribution < -0.4 is 5.73 Å². The van der Waals surface area contributed by atoms with Crippen molar-refractivity contribution in [2.24, 2.45) is 5.73 Å². The SMILES string of the molecule is CCOC(N)=C(C(=O)O)c1ccccc1. The van der Waals surface area contributed by atoms with Gasteiger partial charge in [0.15, 0.2) is 5.88 Å². The Bertz CT molecular complexity index is 371. The molecule has 1 rings (SSSR count). The average Bonchev–Trinajstić information content (AvgIpc) is 2.19. The molecule has 1 aromatic rings. The molecule has 15 heavy (non-hydrogen) atoms. The number of carbonyl (C=O) groups is 1. The van der Waals surface area contributed by atoms with E-state index in [2.05, 4.69) is 0 Å². The van der Waals surface area contributed by atoms with Gasteiger partial charge in [0, 0.05) is 0 Å². The van der Waals surface area contributed by atoms with Gasteiger partial charge in [-0.1, -0.05) is 30.3 Å². The second-order valence-corrected chi connectivity index (χ2v) is 2.84. The summed E-state index contributed by atoms with van der Waals surface area (Å²) in [6, 6.07) is 8.65. The molecule has 0 saturated heterocycles. The second kappa shape index (κ2) is 5.05. The van der Waals surface area contributed by atoms with Crippen molar-refractivity contribution in [3.05, 3.63) is 41.8 Å². The van der Waals surface area contributed by atoms with E-state index in [9.17, 15) is 4.79 Å². The fourth-order valence-corrected chi connectivity index (χ4v) is 1.20. The van der Waals surface area contributed by atoms with Crippen molar-refractivity contribution in [3.8, 4) is 0 Å². The summed E-state index contributed by atoms with van der Waals surface area (Å²) in [7, 11) is 0. The predicted molar refractivity (Wildman–Crippen MR) is 56.8 cm³/mol. The van der Waals surface area contributed by atoms with Crippen molar-refractivity contribution in [3.63, 3.8) is 0 Å². The van der Waals surface area contributed by atoms with Gasteiger partial charge in [-0.25, -0.2) is 4.79 Å². The van der Waals surface area contributed by atoms with Crippen molar-refractivity contribution >= 4 is 11.5 Å². The highest BCUT2D eigenvalue weighted by atomic mass is 16.5. The van der Waals surface area contributed by atoms with Crippen LogP contribution in [-0.4, -0.2) is 17.7 Å². The lowest BCUT2D eigenvalue weighted by molar-refractivity contribution is -0.130. The molecule has 0 aliphatic carbocycles. The quantitative estimate of drug-likeness (QED) is 0.578. The van der Waals surface area contributed by atoms with Crippen molar-refractivity contribution in [1.82, 2.24) is 0 Å². The van der Waals surface area contributed by atoms with E-state index >= 15 is 0 Å². The first kappa shape index (κ1) is 11.1. The molecular weight excluding hydrogens is 194 g/mol. The third kappa shape index (κ3) is 2.74. The smallest absolute Gasteiger partial charge is 0.341 e. The first-order valence-electron chi connectivity index (χ1n) is 4.58. The number of rotatable bonds is 4. The van der Waals surface area contributed by atoms with Gasteiger partial charge < -0.3 is 15.6 Å². The minimum atomic E-state index is -1.09. The summed E-state index contributed by atoms with van der Waals surface area (Å²) < 4.78 is 5.00. The van der Waals surface area contributed by atoms with Gasteiger partial charge in [-0.15, -0.1) is 0 Å². The molecule has 0 aliphatic rings. The minimum absolute atomic E-state index is 0.00236. The van der Waals surface area contributed by atoms with Crippen molar-refractivity contribution in [2.75, 3.05) is 6.61 Å². The molecule has 0 aliphatic heterocycles. The van der Waals surface area contributed by atoms with Crippen LogP contribution in [0.3, 0.4) is 0 Å². The van der Waals surface area contributed by atoms with E-state index in [4.69, 9.17) is 15.6 Å². The number of hydrogen-bond donors (Lipinski definition) is 2. The molecule has 0 bridgehead atoms. The Morgan fingerprint density at radius 1 is 1.40 bits per heavy atom. The molecule has 4 heteroatoms. The zero-order valence-electron chi connectivity index (χ0n) is 8.43. The highest BCUT2D eigenvalue weighted by Gasteiger charge is 2.15. The Morgan fingerprint density at radius 2 is 2.00 bits per heavy atom. The molecule has 0 saturated carbocycles. The van der Waals surface area contributed by atoms with Crippen molar-refractivity contribution in [2.45, 2.75) is 6.92 Å². The number of carboxylic acids is 1. The molecule has 4 nitrogen and oxygen atoms in total. The molecule has 0 aromatic heterocycles. The van der Waals surface area contributed by atoms with E-state index < -0.39 is 5.97 Å². The molecule has 1 aromatic carbocycles. The molecule has 3 N–H and O–H groups in total. The van der Waals surface area contributed by atoms with Crippen molar-refractivity contribution < 1.29 is 14.6 Å². The van der Waals surface area contributed by atoms with Gasteiger partial charge in [0.05, 0.1) is 6.61 Å². The molecule has 0 atom stereocenters. The van der Waals surface area contributed by atoms with Crippen molar-refractivity contribution in [1.29, 1.82) is 0 Å². The van der Waals surface area contributed by atoms with Gasteiger partial charge in [0.1, 0.15) is 5.57 Å². The normalized spacial score (nSPS) is 11.8. The van der Waals surface area contributed by atoms with Gasteiger partial charge >= 0.3 is 5.97 Å². The van der Waals surface area contributed by atoms with Crippen LogP contribution in [0.1, 0.15) is 12.5 Å². The summed E-state index contributed by atoms with van der Waals surface area (Å²) in [5, 5.41) is 9.01. The standard InChI is InChI=1S/C11H13NO3/c1-2-15-10(12)9(11(13)14)8-6-4-3-5-7-8/h3-7H,2,12H2,1H3,(H,13,14). The zero-order chi connectivity index (χ0) is 11.3. The predicted octanol–water partition coefficient (Wildman–Crippen LogP) is 1.44. The summed E-state index contributed by atoms with van der Waals surface area (Å²) in [4.78, 5) is 11.0. The zero-order valence-corrected chi connectivity index (χ0v) is 8.43. The average molecular weight is 207 g/mol. The maximum atomic E-state index is 11.0. The molecule has 0 fully saturated rings. The molecule has 0 unspecified atom stereocenters. The van der Waals surface area contributed by atoms with E-state index in [0.29, 0.717) is 12.2 Å². The van der Waals surface area contributed by atoms with Gasteiger partial charge in [-0.3, -0.25) is 0 Å². The Balaban J connectivity index is 3.15. The first-order valence-corrected chi connectivity index (χ1v) is 4.58. The monoisotopic (exact) mass is 207 g/mol.